The first-order chi connectivity index (χ1) is 16.4. The zero-order chi connectivity index (χ0) is 24.5. The Labute approximate surface area is 203 Å². The van der Waals surface area contributed by atoms with Gasteiger partial charge in [-0.05, 0) is 61.8 Å². The second kappa shape index (κ2) is 11.7. The Morgan fingerprint density at radius 3 is 2.35 bits per heavy atom. The van der Waals surface area contributed by atoms with Crippen LogP contribution in [0.1, 0.15) is 24.2 Å². The lowest BCUT2D eigenvalue weighted by atomic mass is 10.1. The van der Waals surface area contributed by atoms with Crippen molar-refractivity contribution in [3.8, 4) is 0 Å². The number of carbonyl (C=O) groups excluding carboxylic acids is 3. The minimum Gasteiger partial charge on any atom is -0.463 e. The highest BCUT2D eigenvalue weighted by atomic mass is 32.1. The van der Waals surface area contributed by atoms with Gasteiger partial charge in [-0.3, -0.25) is 14.9 Å². The van der Waals surface area contributed by atoms with E-state index in [9.17, 15) is 14.4 Å². The maximum atomic E-state index is 13.2. The van der Waals surface area contributed by atoms with E-state index in [4.69, 9.17) is 17.0 Å². The summed E-state index contributed by atoms with van der Waals surface area (Å²) in [4.78, 5) is 38.1. The Bertz CT molecular complexity index is 1230. The van der Waals surface area contributed by atoms with Gasteiger partial charge in [0.15, 0.2) is 5.11 Å². The zero-order valence-electron chi connectivity index (χ0n) is 18.9. The molecule has 0 radical (unpaired) electrons. The van der Waals surface area contributed by atoms with Crippen molar-refractivity contribution in [1.29, 1.82) is 0 Å². The molecule has 2 amide bonds. The van der Waals surface area contributed by atoms with Gasteiger partial charge in [-0.15, -0.1) is 0 Å². The van der Waals surface area contributed by atoms with Crippen LogP contribution in [0.15, 0.2) is 78.9 Å². The van der Waals surface area contributed by atoms with Crippen molar-refractivity contribution in [2.24, 2.45) is 0 Å². The predicted octanol–water partition coefficient (Wildman–Crippen LogP) is 4.44. The standard InChI is InChI=1S/C26H25N3O4S/c1-3-29(22-11-7-9-18-8-5-6-10-21(18)22)25(32)19-12-14-20(15-13-19)27-26(34)28-23(30)16-17-24(31)33-4-2/h5-17H,3-4H2,1-2H3,(H2,27,28,30,34). The molecule has 0 aliphatic heterocycles. The van der Waals surface area contributed by atoms with Crippen LogP contribution >= 0.6 is 12.2 Å². The van der Waals surface area contributed by atoms with Crippen molar-refractivity contribution >= 4 is 57.3 Å². The summed E-state index contributed by atoms with van der Waals surface area (Å²) in [6.45, 7) is 4.35. The van der Waals surface area contributed by atoms with Crippen molar-refractivity contribution in [2.45, 2.75) is 13.8 Å². The van der Waals surface area contributed by atoms with Gasteiger partial charge >= 0.3 is 5.97 Å². The Kier molecular flexibility index (Phi) is 8.48. The summed E-state index contributed by atoms with van der Waals surface area (Å²) >= 11 is 5.13. The molecule has 0 unspecified atom stereocenters. The Morgan fingerprint density at radius 1 is 0.941 bits per heavy atom. The number of benzene rings is 3. The van der Waals surface area contributed by atoms with Gasteiger partial charge in [-0.1, -0.05) is 36.4 Å². The number of rotatable bonds is 7. The molecule has 2 N–H and O–H groups in total. The third kappa shape index (κ3) is 6.26. The second-order valence-electron chi connectivity index (χ2n) is 7.15. The van der Waals surface area contributed by atoms with Crippen LogP contribution in [0.25, 0.3) is 10.8 Å². The maximum absolute atomic E-state index is 13.2. The molecule has 0 saturated heterocycles. The molecule has 3 aromatic carbocycles. The first kappa shape index (κ1) is 24.6. The number of carbonyl (C=O) groups is 3. The number of nitrogens with one attached hydrogen (secondary N) is 2. The van der Waals surface area contributed by atoms with E-state index in [2.05, 4.69) is 10.6 Å². The fourth-order valence-corrected chi connectivity index (χ4v) is 3.59. The summed E-state index contributed by atoms with van der Waals surface area (Å²) in [5.41, 5.74) is 1.98. The summed E-state index contributed by atoms with van der Waals surface area (Å²) < 4.78 is 4.71. The lowest BCUT2D eigenvalue weighted by Crippen LogP contribution is -2.33. The molecule has 34 heavy (non-hydrogen) atoms. The molecular weight excluding hydrogens is 450 g/mol. The Morgan fingerprint density at radius 2 is 1.65 bits per heavy atom. The molecule has 0 aromatic heterocycles. The highest BCUT2D eigenvalue weighted by Crippen LogP contribution is 2.28. The van der Waals surface area contributed by atoms with E-state index in [1.165, 1.54) is 0 Å². The van der Waals surface area contributed by atoms with Crippen molar-refractivity contribution in [3.05, 3.63) is 84.4 Å². The van der Waals surface area contributed by atoms with Crippen LogP contribution < -0.4 is 15.5 Å². The highest BCUT2D eigenvalue weighted by molar-refractivity contribution is 7.80. The third-order valence-corrected chi connectivity index (χ3v) is 5.11. The number of ether oxygens (including phenoxy) is 1. The van der Waals surface area contributed by atoms with E-state index in [1.54, 1.807) is 36.1 Å². The maximum Gasteiger partial charge on any atom is 0.330 e. The van der Waals surface area contributed by atoms with Gasteiger partial charge in [0.05, 0.1) is 12.3 Å². The number of anilines is 2. The van der Waals surface area contributed by atoms with Crippen LogP contribution in [-0.2, 0) is 14.3 Å². The molecule has 3 aromatic rings. The van der Waals surface area contributed by atoms with Crippen LogP contribution in [0.4, 0.5) is 11.4 Å². The average Bonchev–Trinajstić information content (AvgIpc) is 2.84. The minimum absolute atomic E-state index is 0.0588. The fourth-order valence-electron chi connectivity index (χ4n) is 3.37. The number of amides is 2. The van der Waals surface area contributed by atoms with E-state index < -0.39 is 11.9 Å². The third-order valence-electron chi connectivity index (χ3n) is 4.90. The van der Waals surface area contributed by atoms with E-state index in [1.807, 2.05) is 49.4 Å². The van der Waals surface area contributed by atoms with Gasteiger partial charge in [-0.25, -0.2) is 4.79 Å². The SMILES string of the molecule is CCOC(=O)C=CC(=O)NC(=S)Nc1ccc(C(=O)N(CC)c2cccc3ccccc23)cc1. The molecule has 7 nitrogen and oxygen atoms in total. The van der Waals surface area contributed by atoms with Gasteiger partial charge in [0.1, 0.15) is 0 Å². The van der Waals surface area contributed by atoms with Gasteiger partial charge in [0.25, 0.3) is 5.91 Å². The van der Waals surface area contributed by atoms with Crippen molar-refractivity contribution < 1.29 is 19.1 Å². The lowest BCUT2D eigenvalue weighted by Gasteiger charge is -2.23. The smallest absolute Gasteiger partial charge is 0.330 e. The molecule has 0 aliphatic rings. The molecule has 0 fully saturated rings. The van der Waals surface area contributed by atoms with Crippen molar-refractivity contribution in [2.75, 3.05) is 23.4 Å². The van der Waals surface area contributed by atoms with Crippen LogP contribution in [-0.4, -0.2) is 36.0 Å². The van der Waals surface area contributed by atoms with Gasteiger partial charge in [0.2, 0.25) is 5.91 Å². The first-order valence-corrected chi connectivity index (χ1v) is 11.2. The summed E-state index contributed by atoms with van der Waals surface area (Å²) in [5.74, 6) is -1.29. The van der Waals surface area contributed by atoms with E-state index in [0.29, 0.717) is 17.8 Å². The van der Waals surface area contributed by atoms with Crippen LogP contribution in [0.2, 0.25) is 0 Å². The van der Waals surface area contributed by atoms with Crippen LogP contribution in [0.3, 0.4) is 0 Å². The molecule has 0 aliphatic carbocycles. The topological polar surface area (TPSA) is 87.7 Å². The Hall–Kier alpha value is -4.04. The largest absolute Gasteiger partial charge is 0.463 e. The number of thiocarbonyl (C=S) groups is 1. The zero-order valence-corrected chi connectivity index (χ0v) is 19.7. The van der Waals surface area contributed by atoms with E-state index in [-0.39, 0.29) is 17.6 Å². The molecule has 3 rings (SSSR count). The summed E-state index contributed by atoms with van der Waals surface area (Å²) in [6.07, 6.45) is 2.07. The number of hydrogen-bond donors (Lipinski definition) is 2. The molecule has 8 heteroatoms. The van der Waals surface area contributed by atoms with Crippen molar-refractivity contribution in [1.82, 2.24) is 5.32 Å². The predicted molar refractivity (Wildman–Crippen MR) is 138 cm³/mol. The number of hydrogen-bond acceptors (Lipinski definition) is 5. The second-order valence-corrected chi connectivity index (χ2v) is 7.56. The monoisotopic (exact) mass is 475 g/mol. The molecule has 0 spiro atoms. The van der Waals surface area contributed by atoms with E-state index >= 15 is 0 Å². The minimum atomic E-state index is -0.610. The molecular formula is C26H25N3O4S. The molecule has 0 atom stereocenters. The van der Waals surface area contributed by atoms with E-state index in [0.717, 1.165) is 28.6 Å². The first-order valence-electron chi connectivity index (χ1n) is 10.8. The molecule has 0 heterocycles. The van der Waals surface area contributed by atoms with Gasteiger partial charge in [0, 0.05) is 35.3 Å². The number of fused-ring (bicyclic) bond motifs is 1. The average molecular weight is 476 g/mol. The van der Waals surface area contributed by atoms with Crippen molar-refractivity contribution in [3.63, 3.8) is 0 Å². The van der Waals surface area contributed by atoms with Crippen LogP contribution in [0, 0.1) is 0 Å². The summed E-state index contributed by atoms with van der Waals surface area (Å²) in [7, 11) is 0. The normalized spacial score (nSPS) is 10.6. The molecule has 0 bridgehead atoms. The Balaban J connectivity index is 1.66. The quantitative estimate of drug-likeness (QED) is 0.298. The van der Waals surface area contributed by atoms with Gasteiger partial charge < -0.3 is 15.0 Å². The van der Waals surface area contributed by atoms with Gasteiger partial charge in [-0.2, -0.15) is 0 Å². The van der Waals surface area contributed by atoms with Crippen LogP contribution in [0.5, 0.6) is 0 Å². The lowest BCUT2D eigenvalue weighted by molar-refractivity contribution is -0.137. The molecule has 0 saturated carbocycles. The molecule has 174 valence electrons. The summed E-state index contributed by atoms with van der Waals surface area (Å²) in [5, 5.41) is 7.45. The highest BCUT2D eigenvalue weighted by Gasteiger charge is 2.18. The fraction of sp³-hybridized carbons (Fsp3) is 0.154. The summed E-state index contributed by atoms with van der Waals surface area (Å²) in [6, 6.07) is 20.7. The number of nitrogens with zero attached hydrogens (tertiary/aromatic N) is 1. The number of esters is 1.